The van der Waals surface area contributed by atoms with Gasteiger partial charge in [-0.3, -0.25) is 0 Å². The molecule has 0 bridgehead atoms. The summed E-state index contributed by atoms with van der Waals surface area (Å²) in [6.07, 6.45) is -0.852. The molecule has 1 amide bonds. The van der Waals surface area contributed by atoms with E-state index in [1.54, 1.807) is 20.8 Å². The predicted octanol–water partition coefficient (Wildman–Crippen LogP) is 3.59. The van der Waals surface area contributed by atoms with Gasteiger partial charge in [-0.1, -0.05) is 30.3 Å². The van der Waals surface area contributed by atoms with Crippen molar-refractivity contribution in [3.63, 3.8) is 0 Å². The van der Waals surface area contributed by atoms with Crippen LogP contribution in [0.25, 0.3) is 0 Å². The first-order valence-corrected chi connectivity index (χ1v) is 9.99. The molecule has 0 heterocycles. The fourth-order valence-electron chi connectivity index (χ4n) is 2.99. The molecule has 0 aromatic heterocycles. The number of aliphatic hydroxyl groups excluding tert-OH is 1. The number of carbonyl (C=O) groups excluding carboxylic acids is 1. The summed E-state index contributed by atoms with van der Waals surface area (Å²) in [6, 6.07) is 12.3. The van der Waals surface area contributed by atoms with E-state index in [0.717, 1.165) is 18.1 Å². The number of nitrogens with one attached hydrogen (secondary N) is 2. The summed E-state index contributed by atoms with van der Waals surface area (Å²) in [7, 11) is 0. The van der Waals surface area contributed by atoms with Crippen LogP contribution in [-0.2, 0) is 17.6 Å². The van der Waals surface area contributed by atoms with E-state index < -0.39 is 35.5 Å². The average molecular weight is 421 g/mol. The molecule has 0 saturated carbocycles. The minimum Gasteiger partial charge on any atom is -0.444 e. The second kappa shape index (κ2) is 11.0. The van der Waals surface area contributed by atoms with Gasteiger partial charge in [0.25, 0.3) is 0 Å². The van der Waals surface area contributed by atoms with Crippen LogP contribution in [-0.4, -0.2) is 42.0 Å². The summed E-state index contributed by atoms with van der Waals surface area (Å²) in [5.74, 6) is -1.42. The highest BCUT2D eigenvalue weighted by atomic mass is 19.1. The largest absolute Gasteiger partial charge is 0.444 e. The molecule has 7 heteroatoms. The molecule has 0 radical (unpaired) electrons. The lowest BCUT2D eigenvalue weighted by Crippen LogP contribution is -2.50. The monoisotopic (exact) mass is 420 g/mol. The molecule has 0 fully saturated rings. The number of ether oxygens (including phenoxy) is 1. The Morgan fingerprint density at radius 1 is 1.07 bits per heavy atom. The molecule has 3 N–H and O–H groups in total. The first-order valence-electron chi connectivity index (χ1n) is 9.99. The van der Waals surface area contributed by atoms with Crippen LogP contribution in [0.2, 0.25) is 0 Å². The van der Waals surface area contributed by atoms with Crippen molar-refractivity contribution in [3.05, 3.63) is 71.3 Å². The van der Waals surface area contributed by atoms with Gasteiger partial charge in [0.1, 0.15) is 17.2 Å². The molecular formula is C23H30F2N2O3. The van der Waals surface area contributed by atoms with Gasteiger partial charge in [-0.05, 0) is 63.4 Å². The molecule has 5 nitrogen and oxygen atoms in total. The van der Waals surface area contributed by atoms with E-state index >= 15 is 0 Å². The van der Waals surface area contributed by atoms with Crippen LogP contribution in [0.4, 0.5) is 13.6 Å². The Labute approximate surface area is 176 Å². The zero-order chi connectivity index (χ0) is 22.1. The van der Waals surface area contributed by atoms with E-state index in [1.807, 2.05) is 30.3 Å². The van der Waals surface area contributed by atoms with Crippen LogP contribution in [0.5, 0.6) is 0 Å². The van der Waals surface area contributed by atoms with Crippen molar-refractivity contribution < 1.29 is 23.4 Å². The van der Waals surface area contributed by atoms with Gasteiger partial charge >= 0.3 is 6.09 Å². The first kappa shape index (κ1) is 23.8. The third kappa shape index (κ3) is 8.88. The Morgan fingerprint density at radius 3 is 2.30 bits per heavy atom. The van der Waals surface area contributed by atoms with Gasteiger partial charge in [-0.15, -0.1) is 0 Å². The van der Waals surface area contributed by atoms with Gasteiger partial charge in [0.05, 0.1) is 12.1 Å². The topological polar surface area (TPSA) is 70.6 Å². The maximum Gasteiger partial charge on any atom is 0.407 e. The number of hydrogen-bond acceptors (Lipinski definition) is 4. The molecular weight excluding hydrogens is 390 g/mol. The summed E-state index contributed by atoms with van der Waals surface area (Å²) in [5.41, 5.74) is 0.786. The van der Waals surface area contributed by atoms with Crippen LogP contribution in [0.1, 0.15) is 31.9 Å². The van der Waals surface area contributed by atoms with Gasteiger partial charge in [0.15, 0.2) is 0 Å². The number of hydrogen-bond donors (Lipinski definition) is 3. The highest BCUT2D eigenvalue weighted by Crippen LogP contribution is 2.13. The molecule has 0 aliphatic heterocycles. The molecule has 30 heavy (non-hydrogen) atoms. The number of benzene rings is 2. The zero-order valence-corrected chi connectivity index (χ0v) is 17.6. The number of halogens is 2. The third-order valence-electron chi connectivity index (χ3n) is 4.33. The summed E-state index contributed by atoms with van der Waals surface area (Å²) in [6.45, 7) is 6.02. The Balaban J connectivity index is 1.98. The smallest absolute Gasteiger partial charge is 0.407 e. The van der Waals surface area contributed by atoms with Crippen molar-refractivity contribution in [2.24, 2.45) is 0 Å². The lowest BCUT2D eigenvalue weighted by Gasteiger charge is -2.27. The second-order valence-electron chi connectivity index (χ2n) is 8.24. The standard InChI is InChI=1S/C23H30F2N2O3/c1-23(2,3)30-22(29)27-20(13-17-11-18(24)14-19(25)12-17)21(28)15-26-10-9-16-7-5-4-6-8-16/h4-8,11-12,14,20-21,26,28H,9-10,13,15H2,1-3H3,(H,27,29)/t20-,21+/m0/s1. The Bertz CT molecular complexity index is 790. The summed E-state index contributed by atoms with van der Waals surface area (Å²) >= 11 is 0. The number of amides is 1. The molecule has 164 valence electrons. The van der Waals surface area contributed by atoms with Gasteiger partial charge in [-0.2, -0.15) is 0 Å². The second-order valence-corrected chi connectivity index (χ2v) is 8.24. The van der Waals surface area contributed by atoms with Gasteiger partial charge in [0.2, 0.25) is 0 Å². The van der Waals surface area contributed by atoms with Gasteiger partial charge < -0.3 is 20.5 Å². The molecule has 0 aliphatic carbocycles. The Hall–Kier alpha value is -2.51. The van der Waals surface area contributed by atoms with Crippen molar-refractivity contribution in [2.75, 3.05) is 13.1 Å². The number of aliphatic hydroxyl groups is 1. The van der Waals surface area contributed by atoms with Gasteiger partial charge in [0, 0.05) is 12.6 Å². The van der Waals surface area contributed by atoms with E-state index in [9.17, 15) is 18.7 Å². The molecule has 2 atom stereocenters. The third-order valence-corrected chi connectivity index (χ3v) is 4.33. The zero-order valence-electron chi connectivity index (χ0n) is 17.6. The fraction of sp³-hybridized carbons (Fsp3) is 0.435. The van der Waals surface area contributed by atoms with Crippen molar-refractivity contribution in [1.29, 1.82) is 0 Å². The maximum atomic E-state index is 13.5. The van der Waals surface area contributed by atoms with Crippen LogP contribution in [0.15, 0.2) is 48.5 Å². The van der Waals surface area contributed by atoms with Gasteiger partial charge in [-0.25, -0.2) is 13.6 Å². The molecule has 0 saturated heterocycles. The van der Waals surface area contributed by atoms with Crippen molar-refractivity contribution in [2.45, 2.75) is 51.4 Å². The molecule has 2 aromatic rings. The molecule has 0 aliphatic rings. The lowest BCUT2D eigenvalue weighted by molar-refractivity contribution is 0.0423. The van der Waals surface area contributed by atoms with Crippen LogP contribution in [0.3, 0.4) is 0 Å². The highest BCUT2D eigenvalue weighted by molar-refractivity contribution is 5.68. The number of rotatable bonds is 9. The lowest BCUT2D eigenvalue weighted by atomic mass is 10.0. The van der Waals surface area contributed by atoms with Crippen molar-refractivity contribution >= 4 is 6.09 Å². The summed E-state index contributed by atoms with van der Waals surface area (Å²) in [4.78, 5) is 12.2. The highest BCUT2D eigenvalue weighted by Gasteiger charge is 2.25. The van der Waals surface area contributed by atoms with E-state index in [-0.39, 0.29) is 13.0 Å². The minimum absolute atomic E-state index is 0.0510. The molecule has 2 rings (SSSR count). The Kier molecular flexibility index (Phi) is 8.74. The van der Waals surface area contributed by atoms with Crippen LogP contribution >= 0.6 is 0 Å². The summed E-state index contributed by atoms with van der Waals surface area (Å²) in [5, 5.41) is 16.4. The van der Waals surface area contributed by atoms with Crippen molar-refractivity contribution in [1.82, 2.24) is 10.6 Å². The number of alkyl carbamates (subject to hydrolysis) is 1. The van der Waals surface area contributed by atoms with Crippen molar-refractivity contribution in [3.8, 4) is 0 Å². The number of carbonyl (C=O) groups is 1. The fourth-order valence-corrected chi connectivity index (χ4v) is 2.99. The minimum atomic E-state index is -0.986. The Morgan fingerprint density at radius 2 is 1.70 bits per heavy atom. The van der Waals surface area contributed by atoms with E-state index in [1.165, 1.54) is 12.1 Å². The average Bonchev–Trinajstić information content (AvgIpc) is 2.63. The SMILES string of the molecule is CC(C)(C)OC(=O)N[C@@H](Cc1cc(F)cc(F)c1)[C@H](O)CNCCc1ccccc1. The molecule has 0 unspecified atom stereocenters. The normalized spacial score (nSPS) is 13.5. The predicted molar refractivity (Wildman–Crippen MR) is 112 cm³/mol. The van der Waals surface area contributed by atoms with E-state index in [0.29, 0.717) is 12.1 Å². The quantitative estimate of drug-likeness (QED) is 0.542. The van der Waals surface area contributed by atoms with E-state index in [2.05, 4.69) is 10.6 Å². The van der Waals surface area contributed by atoms with E-state index in [4.69, 9.17) is 4.74 Å². The first-order chi connectivity index (χ1) is 14.1. The van der Waals surface area contributed by atoms with Crippen LogP contribution < -0.4 is 10.6 Å². The molecule has 0 spiro atoms. The maximum absolute atomic E-state index is 13.5. The summed E-state index contributed by atoms with van der Waals surface area (Å²) < 4.78 is 32.4. The molecule has 2 aromatic carbocycles. The van der Waals surface area contributed by atoms with Crippen LogP contribution in [0, 0.1) is 11.6 Å².